The zero-order valence-corrected chi connectivity index (χ0v) is 16.8. The quantitative estimate of drug-likeness (QED) is 0.411. The van der Waals surface area contributed by atoms with Crippen molar-refractivity contribution in [2.45, 2.75) is 31.6 Å². The fourth-order valence-electron chi connectivity index (χ4n) is 2.68. The van der Waals surface area contributed by atoms with Gasteiger partial charge in [0.25, 0.3) is 0 Å². The smallest absolute Gasteiger partial charge is 0.193 e. The molecule has 146 valence electrons. The second-order valence-corrected chi connectivity index (χ2v) is 8.16. The Hall–Kier alpha value is -2.54. The summed E-state index contributed by atoms with van der Waals surface area (Å²) in [5.74, 6) is 0.940. The van der Waals surface area contributed by atoms with Crippen LogP contribution in [-0.4, -0.2) is 33.8 Å². The number of anilines is 1. The molecule has 0 unspecified atom stereocenters. The second-order valence-electron chi connectivity index (χ2n) is 6.14. The molecule has 6 nitrogen and oxygen atoms in total. The van der Waals surface area contributed by atoms with Gasteiger partial charge in [0.1, 0.15) is 12.4 Å². The van der Waals surface area contributed by atoms with Crippen LogP contribution in [0.4, 0.5) is 5.69 Å². The van der Waals surface area contributed by atoms with Crippen molar-refractivity contribution in [3.63, 3.8) is 0 Å². The molecular weight excluding hydrogens is 362 g/mol. The normalized spacial score (nSPS) is 12.0. The van der Waals surface area contributed by atoms with E-state index in [9.17, 15) is 8.42 Å². The zero-order chi connectivity index (χ0) is 19.9. The Morgan fingerprint density at radius 3 is 2.19 bits per heavy atom. The maximum Gasteiger partial charge on any atom is 0.193 e. The van der Waals surface area contributed by atoms with Gasteiger partial charge in [0.15, 0.2) is 15.8 Å². The Morgan fingerprint density at radius 2 is 1.67 bits per heavy atom. The first-order valence-corrected chi connectivity index (χ1v) is 10.8. The molecule has 0 aliphatic rings. The van der Waals surface area contributed by atoms with Gasteiger partial charge in [-0.2, -0.15) is 0 Å². The standard InChI is InChI=1S/C20H27N3O3S/c1-4-15-7-6-8-16(5-2)19(15)23-20(21)22-13-14-26-17-9-11-18(12-10-17)27(3,24)25/h6-12H,4-5,13-14H2,1-3H3,(H3,21,22,23). The molecule has 0 saturated carbocycles. The number of nitrogens with two attached hydrogens (primary N) is 1. The summed E-state index contributed by atoms with van der Waals surface area (Å²) in [6, 6.07) is 12.5. The highest BCUT2D eigenvalue weighted by Gasteiger charge is 2.08. The summed E-state index contributed by atoms with van der Waals surface area (Å²) in [4.78, 5) is 4.57. The molecule has 0 heterocycles. The summed E-state index contributed by atoms with van der Waals surface area (Å²) in [6.07, 6.45) is 3.00. The van der Waals surface area contributed by atoms with Gasteiger partial charge < -0.3 is 15.8 Å². The van der Waals surface area contributed by atoms with Crippen LogP contribution in [0.3, 0.4) is 0 Å². The van der Waals surface area contributed by atoms with Crippen molar-refractivity contribution in [3.05, 3.63) is 53.6 Å². The van der Waals surface area contributed by atoms with E-state index < -0.39 is 9.84 Å². The Kier molecular flexibility index (Phi) is 7.24. The first-order chi connectivity index (χ1) is 12.8. The molecule has 27 heavy (non-hydrogen) atoms. The molecular formula is C20H27N3O3S. The Balaban J connectivity index is 1.92. The van der Waals surface area contributed by atoms with Gasteiger partial charge in [-0.1, -0.05) is 32.0 Å². The lowest BCUT2D eigenvalue weighted by Crippen LogP contribution is -2.25. The highest BCUT2D eigenvalue weighted by Crippen LogP contribution is 2.22. The molecule has 0 spiro atoms. The number of guanidine groups is 1. The zero-order valence-electron chi connectivity index (χ0n) is 16.0. The maximum absolute atomic E-state index is 11.4. The number of nitrogens with zero attached hydrogens (tertiary/aromatic N) is 1. The summed E-state index contributed by atoms with van der Waals surface area (Å²) < 4.78 is 28.5. The molecule has 0 bridgehead atoms. The number of benzene rings is 2. The van der Waals surface area contributed by atoms with Crippen molar-refractivity contribution in [1.29, 1.82) is 0 Å². The topological polar surface area (TPSA) is 93.8 Å². The Bertz CT molecular complexity index is 869. The van der Waals surface area contributed by atoms with Gasteiger partial charge in [0.05, 0.1) is 11.4 Å². The number of hydrogen-bond acceptors (Lipinski definition) is 4. The molecule has 0 amide bonds. The largest absolute Gasteiger partial charge is 0.492 e. The SMILES string of the molecule is CCc1cccc(CC)c1NC(N)=NCCOc1ccc(S(C)(=O)=O)cc1. The van der Waals surface area contributed by atoms with Gasteiger partial charge in [0, 0.05) is 11.9 Å². The van der Waals surface area contributed by atoms with Crippen molar-refractivity contribution >= 4 is 21.5 Å². The molecule has 2 rings (SSSR count). The number of sulfone groups is 1. The number of hydrogen-bond donors (Lipinski definition) is 2. The van der Waals surface area contributed by atoms with Crippen molar-refractivity contribution in [3.8, 4) is 5.75 Å². The van der Waals surface area contributed by atoms with E-state index in [0.717, 1.165) is 18.5 Å². The van der Waals surface area contributed by atoms with Crippen LogP contribution < -0.4 is 15.8 Å². The van der Waals surface area contributed by atoms with Gasteiger partial charge in [-0.3, -0.25) is 0 Å². The second kappa shape index (κ2) is 9.41. The Labute approximate surface area is 161 Å². The molecule has 2 aromatic rings. The third-order valence-corrected chi connectivity index (χ3v) is 5.27. The molecule has 0 saturated heterocycles. The average Bonchev–Trinajstić information content (AvgIpc) is 2.65. The Morgan fingerprint density at radius 1 is 1.07 bits per heavy atom. The van der Waals surface area contributed by atoms with Crippen molar-refractivity contribution < 1.29 is 13.2 Å². The lowest BCUT2D eigenvalue weighted by Gasteiger charge is -2.14. The van der Waals surface area contributed by atoms with Crippen molar-refractivity contribution in [1.82, 2.24) is 0 Å². The minimum Gasteiger partial charge on any atom is -0.492 e. The van der Waals surface area contributed by atoms with E-state index in [-0.39, 0.29) is 4.90 Å². The predicted molar refractivity (Wildman–Crippen MR) is 110 cm³/mol. The maximum atomic E-state index is 11.4. The van der Waals surface area contributed by atoms with Crippen LogP contribution in [0.2, 0.25) is 0 Å². The van der Waals surface area contributed by atoms with E-state index >= 15 is 0 Å². The van der Waals surface area contributed by atoms with E-state index in [1.54, 1.807) is 12.1 Å². The number of rotatable bonds is 8. The molecule has 0 aliphatic carbocycles. The van der Waals surface area contributed by atoms with Crippen LogP contribution >= 0.6 is 0 Å². The summed E-state index contributed by atoms with van der Waals surface area (Å²) in [6.45, 7) is 4.95. The average molecular weight is 390 g/mol. The lowest BCUT2D eigenvalue weighted by atomic mass is 10.0. The predicted octanol–water partition coefficient (Wildman–Crippen LogP) is 3.02. The molecule has 0 fully saturated rings. The van der Waals surface area contributed by atoms with Crippen LogP contribution in [0.15, 0.2) is 52.4 Å². The number of aryl methyl sites for hydroxylation is 2. The van der Waals surface area contributed by atoms with E-state index in [1.807, 2.05) is 0 Å². The van der Waals surface area contributed by atoms with Crippen molar-refractivity contribution in [2.75, 3.05) is 24.7 Å². The number of para-hydroxylation sites is 1. The minimum atomic E-state index is -3.20. The van der Waals surface area contributed by atoms with Crippen LogP contribution in [0.25, 0.3) is 0 Å². The van der Waals surface area contributed by atoms with E-state index in [2.05, 4.69) is 42.4 Å². The van der Waals surface area contributed by atoms with Crippen LogP contribution in [-0.2, 0) is 22.7 Å². The summed E-state index contributed by atoms with van der Waals surface area (Å²) >= 11 is 0. The van der Waals surface area contributed by atoms with Gasteiger partial charge in [0.2, 0.25) is 0 Å². The molecule has 0 atom stereocenters. The molecule has 0 aromatic heterocycles. The number of aliphatic imine (C=N–C) groups is 1. The van der Waals surface area contributed by atoms with Crippen LogP contribution in [0, 0.1) is 0 Å². The van der Waals surface area contributed by atoms with Gasteiger partial charge in [-0.25, -0.2) is 13.4 Å². The molecule has 0 aliphatic heterocycles. The van der Waals surface area contributed by atoms with Gasteiger partial charge >= 0.3 is 0 Å². The first-order valence-electron chi connectivity index (χ1n) is 8.95. The number of nitrogens with one attached hydrogen (secondary N) is 1. The number of ether oxygens (including phenoxy) is 1. The summed E-state index contributed by atoms with van der Waals surface area (Å²) in [5.41, 5.74) is 9.45. The summed E-state index contributed by atoms with van der Waals surface area (Å²) in [5, 5.41) is 3.21. The third kappa shape index (κ3) is 5.99. The van der Waals surface area contributed by atoms with Gasteiger partial charge in [-0.15, -0.1) is 0 Å². The first kappa shape index (κ1) is 20.8. The fourth-order valence-corrected chi connectivity index (χ4v) is 3.31. The molecule has 2 aromatic carbocycles. The molecule has 0 radical (unpaired) electrons. The third-order valence-electron chi connectivity index (χ3n) is 4.15. The highest BCUT2D eigenvalue weighted by molar-refractivity contribution is 7.90. The van der Waals surface area contributed by atoms with Crippen molar-refractivity contribution in [2.24, 2.45) is 10.7 Å². The minimum absolute atomic E-state index is 0.266. The monoisotopic (exact) mass is 389 g/mol. The molecule has 7 heteroatoms. The molecule has 3 N–H and O–H groups in total. The van der Waals surface area contributed by atoms with E-state index in [0.29, 0.717) is 24.9 Å². The van der Waals surface area contributed by atoms with Crippen LogP contribution in [0.5, 0.6) is 5.75 Å². The van der Waals surface area contributed by atoms with E-state index in [4.69, 9.17) is 10.5 Å². The fraction of sp³-hybridized carbons (Fsp3) is 0.350. The van der Waals surface area contributed by atoms with Crippen LogP contribution in [0.1, 0.15) is 25.0 Å². The lowest BCUT2D eigenvalue weighted by molar-refractivity contribution is 0.328. The van der Waals surface area contributed by atoms with E-state index in [1.165, 1.54) is 29.5 Å². The highest BCUT2D eigenvalue weighted by atomic mass is 32.2. The summed E-state index contributed by atoms with van der Waals surface area (Å²) in [7, 11) is -3.20. The van der Waals surface area contributed by atoms with Gasteiger partial charge in [-0.05, 0) is 48.2 Å².